The lowest BCUT2D eigenvalue weighted by atomic mass is 10.0. The van der Waals surface area contributed by atoms with Crippen molar-refractivity contribution < 1.29 is 27.4 Å². The van der Waals surface area contributed by atoms with Gasteiger partial charge in [0.1, 0.15) is 23.4 Å². The molecule has 2 rings (SSSR count). The van der Waals surface area contributed by atoms with E-state index in [9.17, 15) is 18.1 Å². The molecule has 0 aliphatic rings. The molecule has 0 aliphatic heterocycles. The topological polar surface area (TPSA) is 64.6 Å². The summed E-state index contributed by atoms with van der Waals surface area (Å²) in [4.78, 5) is 12.9. The zero-order valence-electron chi connectivity index (χ0n) is 23.7. The maximum absolute atomic E-state index is 13.7. The molecular weight excluding hydrogens is 555 g/mol. The second-order valence-electron chi connectivity index (χ2n) is 10.3. The zero-order chi connectivity index (χ0) is 29.1. The van der Waals surface area contributed by atoms with Crippen molar-refractivity contribution in [3.05, 3.63) is 65.7 Å². The Bertz CT molecular complexity index is 1010. The molecule has 0 bridgehead atoms. The standard InChI is InChI=1S/C31H45ClF2NO4P/c1-2-3-4-5-6-7-8-9-10-11-12-13-14-18-21-38-31(36)30(24-26-22-27(33)25-28(34)23-26)35-40(32,37)39-29-19-16-15-17-20-29/h15-17,19-20,22-23,25,30H,2-14,18,21,24H2,1H3,(H,35,37)/t30-,40?/m0/s1. The summed E-state index contributed by atoms with van der Waals surface area (Å²) in [5, 5.41) is 2.51. The number of hydrogen-bond donors (Lipinski definition) is 1. The van der Waals surface area contributed by atoms with Crippen molar-refractivity contribution in [2.75, 3.05) is 6.61 Å². The minimum absolute atomic E-state index is 0.179. The van der Waals surface area contributed by atoms with E-state index in [2.05, 4.69) is 12.0 Å². The van der Waals surface area contributed by atoms with Gasteiger partial charge >= 0.3 is 12.8 Å². The Hall–Kier alpha value is -1.95. The monoisotopic (exact) mass is 599 g/mol. The molecule has 0 aromatic heterocycles. The van der Waals surface area contributed by atoms with Crippen LogP contribution in [0, 0.1) is 11.6 Å². The Morgan fingerprint density at radius 1 is 0.825 bits per heavy atom. The van der Waals surface area contributed by atoms with Gasteiger partial charge < -0.3 is 9.26 Å². The number of hydrogen-bond acceptors (Lipinski definition) is 4. The molecule has 0 aliphatic carbocycles. The van der Waals surface area contributed by atoms with E-state index in [0.29, 0.717) is 6.42 Å². The number of rotatable bonds is 22. The third-order valence-corrected chi connectivity index (χ3v) is 8.23. The minimum Gasteiger partial charge on any atom is -0.465 e. The van der Waals surface area contributed by atoms with Crippen molar-refractivity contribution in [2.24, 2.45) is 0 Å². The van der Waals surface area contributed by atoms with Crippen LogP contribution in [0.3, 0.4) is 0 Å². The van der Waals surface area contributed by atoms with Gasteiger partial charge in [0.25, 0.3) is 0 Å². The van der Waals surface area contributed by atoms with Crippen LogP contribution >= 0.6 is 18.1 Å². The highest BCUT2D eigenvalue weighted by Crippen LogP contribution is 2.48. The summed E-state index contributed by atoms with van der Waals surface area (Å²) in [7, 11) is 0. The molecule has 0 radical (unpaired) electrons. The fourth-order valence-corrected chi connectivity index (χ4v) is 6.15. The van der Waals surface area contributed by atoms with Crippen LogP contribution in [-0.2, 0) is 20.5 Å². The van der Waals surface area contributed by atoms with Gasteiger partial charge in [-0.3, -0.25) is 4.79 Å². The Morgan fingerprint density at radius 3 is 1.85 bits per heavy atom. The second kappa shape index (κ2) is 20.0. The zero-order valence-corrected chi connectivity index (χ0v) is 25.4. The van der Waals surface area contributed by atoms with E-state index in [0.717, 1.165) is 37.5 Å². The van der Waals surface area contributed by atoms with Crippen LogP contribution in [0.15, 0.2) is 48.5 Å². The summed E-state index contributed by atoms with van der Waals surface area (Å²) in [5.74, 6) is -2.02. The molecule has 0 heterocycles. The summed E-state index contributed by atoms with van der Waals surface area (Å²) in [6, 6.07) is 10.0. The summed E-state index contributed by atoms with van der Waals surface area (Å²) in [6.07, 6.45) is 16.9. The first kappa shape index (κ1) is 34.3. The molecule has 0 spiro atoms. The number of unbranched alkanes of at least 4 members (excludes halogenated alkanes) is 13. The molecule has 224 valence electrons. The molecule has 5 nitrogen and oxygen atoms in total. The smallest absolute Gasteiger partial charge is 0.409 e. The lowest BCUT2D eigenvalue weighted by molar-refractivity contribution is -0.145. The Labute approximate surface area is 243 Å². The van der Waals surface area contributed by atoms with Crippen molar-refractivity contribution in [3.8, 4) is 5.75 Å². The minimum atomic E-state index is -4.03. The van der Waals surface area contributed by atoms with E-state index < -0.39 is 30.5 Å². The molecule has 1 unspecified atom stereocenters. The molecule has 0 saturated carbocycles. The summed E-state index contributed by atoms with van der Waals surface area (Å²) in [6.45, 7) is -1.59. The quantitative estimate of drug-likeness (QED) is 0.0829. The van der Waals surface area contributed by atoms with Crippen LogP contribution in [0.5, 0.6) is 5.75 Å². The van der Waals surface area contributed by atoms with E-state index in [4.69, 9.17) is 20.5 Å². The van der Waals surface area contributed by atoms with E-state index in [1.165, 1.54) is 64.2 Å². The fourth-order valence-electron chi connectivity index (χ4n) is 4.55. The Balaban J connectivity index is 1.72. The van der Waals surface area contributed by atoms with Crippen molar-refractivity contribution in [3.63, 3.8) is 0 Å². The van der Waals surface area contributed by atoms with Gasteiger partial charge in [0.15, 0.2) is 0 Å². The van der Waals surface area contributed by atoms with Crippen molar-refractivity contribution >= 4 is 24.1 Å². The van der Waals surface area contributed by atoms with Crippen LogP contribution in [0.1, 0.15) is 102 Å². The Morgan fingerprint density at radius 2 is 1.32 bits per heavy atom. The van der Waals surface area contributed by atoms with Gasteiger partial charge in [0.2, 0.25) is 0 Å². The van der Waals surface area contributed by atoms with Crippen LogP contribution in [-0.4, -0.2) is 18.6 Å². The van der Waals surface area contributed by atoms with Gasteiger partial charge in [0.05, 0.1) is 6.61 Å². The van der Waals surface area contributed by atoms with Crippen LogP contribution in [0.25, 0.3) is 0 Å². The SMILES string of the molecule is CCCCCCCCCCCCCCCCOC(=O)[C@H](Cc1cc(F)cc(F)c1)NP(=O)(Cl)Oc1ccccc1. The van der Waals surface area contributed by atoms with E-state index in [1.54, 1.807) is 30.3 Å². The lowest BCUT2D eigenvalue weighted by Crippen LogP contribution is -2.38. The van der Waals surface area contributed by atoms with Crippen LogP contribution in [0.4, 0.5) is 8.78 Å². The number of esters is 1. The summed E-state index contributed by atoms with van der Waals surface area (Å²) >= 11 is 6.10. The van der Waals surface area contributed by atoms with Crippen LogP contribution < -0.4 is 9.61 Å². The molecule has 0 saturated heterocycles. The highest BCUT2D eigenvalue weighted by Gasteiger charge is 2.31. The van der Waals surface area contributed by atoms with E-state index in [-0.39, 0.29) is 24.3 Å². The molecule has 2 aromatic carbocycles. The first-order valence-corrected chi connectivity index (χ1v) is 17.3. The highest BCUT2D eigenvalue weighted by atomic mass is 35.7. The number of ether oxygens (including phenoxy) is 1. The van der Waals surface area contributed by atoms with Crippen LogP contribution in [0.2, 0.25) is 0 Å². The van der Waals surface area contributed by atoms with Gasteiger partial charge in [-0.15, -0.1) is 0 Å². The molecule has 40 heavy (non-hydrogen) atoms. The van der Waals surface area contributed by atoms with Crippen molar-refractivity contribution in [1.82, 2.24) is 5.09 Å². The predicted molar refractivity (Wildman–Crippen MR) is 159 cm³/mol. The average Bonchev–Trinajstić information content (AvgIpc) is 2.90. The van der Waals surface area contributed by atoms with Crippen molar-refractivity contribution in [2.45, 2.75) is 109 Å². The second-order valence-corrected chi connectivity index (χ2v) is 13.0. The highest BCUT2D eigenvalue weighted by molar-refractivity contribution is 7.84. The first-order chi connectivity index (χ1) is 19.3. The van der Waals surface area contributed by atoms with Crippen molar-refractivity contribution in [1.29, 1.82) is 0 Å². The molecular formula is C31H45ClF2NO4P. The van der Waals surface area contributed by atoms with Gasteiger partial charge in [-0.25, -0.2) is 18.4 Å². The molecule has 2 aromatic rings. The number of carbonyl (C=O) groups excluding carboxylic acids is 1. The molecule has 1 N–H and O–H groups in total. The number of carbonyl (C=O) groups is 1. The predicted octanol–water partition coefficient (Wildman–Crippen LogP) is 9.92. The Kier molecular flexibility index (Phi) is 17.1. The average molecular weight is 600 g/mol. The molecule has 9 heteroatoms. The van der Waals surface area contributed by atoms with E-state index in [1.807, 2.05) is 0 Å². The van der Waals surface area contributed by atoms with E-state index >= 15 is 0 Å². The third kappa shape index (κ3) is 15.7. The summed E-state index contributed by atoms with van der Waals surface area (Å²) < 4.78 is 51.1. The summed E-state index contributed by atoms with van der Waals surface area (Å²) in [5.41, 5.74) is 0.194. The molecule has 2 atom stereocenters. The fraction of sp³-hybridized carbons (Fsp3) is 0.581. The maximum Gasteiger partial charge on any atom is 0.409 e. The van der Waals surface area contributed by atoms with Gasteiger partial charge in [-0.2, -0.15) is 0 Å². The van der Waals surface area contributed by atoms with Gasteiger partial charge in [-0.1, -0.05) is 109 Å². The maximum atomic E-state index is 13.7. The van der Waals surface area contributed by atoms with Gasteiger partial charge in [-0.05, 0) is 42.7 Å². The largest absolute Gasteiger partial charge is 0.465 e. The molecule has 0 amide bonds. The third-order valence-electron chi connectivity index (χ3n) is 6.66. The number of nitrogens with one attached hydrogen (secondary N) is 1. The normalized spacial score (nSPS) is 13.5. The number of halogens is 3. The van der Waals surface area contributed by atoms with Gasteiger partial charge in [0, 0.05) is 17.3 Å². The molecule has 0 fully saturated rings. The first-order valence-electron chi connectivity index (χ1n) is 14.7. The number of para-hydroxylation sites is 1. The lowest BCUT2D eigenvalue weighted by Gasteiger charge is -2.21. The number of benzene rings is 2.